The van der Waals surface area contributed by atoms with Crippen LogP contribution in [0, 0.1) is 0 Å². The summed E-state index contributed by atoms with van der Waals surface area (Å²) in [6, 6.07) is 3.33. The Hall–Kier alpha value is -0.940. The van der Waals surface area contributed by atoms with Crippen LogP contribution in [0.5, 0.6) is 0 Å². The second kappa shape index (κ2) is 5.60. The van der Waals surface area contributed by atoms with Crippen LogP contribution < -0.4 is 11.1 Å². The molecule has 1 aromatic rings. The lowest BCUT2D eigenvalue weighted by molar-refractivity contribution is 0.0935. The van der Waals surface area contributed by atoms with E-state index in [9.17, 15) is 4.79 Å². The summed E-state index contributed by atoms with van der Waals surface area (Å²) in [4.78, 5) is 15.8. The molecule has 2 rings (SSSR count). The lowest BCUT2D eigenvalue weighted by Gasteiger charge is -2.22. The summed E-state index contributed by atoms with van der Waals surface area (Å²) in [5, 5.41) is 3.24. The number of pyridine rings is 1. The standard InChI is InChI=1S/C11H14ClN3OS/c12-9-5-7(6-10(13)15-9)11(16)14-8-1-3-17-4-2-8/h5-6,8H,1-4H2,(H2,13,15)(H,14,16). The number of amides is 1. The van der Waals surface area contributed by atoms with Gasteiger partial charge in [-0.25, -0.2) is 4.98 Å². The Kier molecular flexibility index (Phi) is 4.12. The maximum absolute atomic E-state index is 12.0. The molecule has 6 heteroatoms. The number of nitrogens with one attached hydrogen (secondary N) is 1. The first-order valence-corrected chi connectivity index (χ1v) is 7.00. The Labute approximate surface area is 109 Å². The van der Waals surface area contributed by atoms with Crippen LogP contribution in [-0.4, -0.2) is 28.4 Å². The molecule has 1 saturated heterocycles. The summed E-state index contributed by atoms with van der Waals surface area (Å²) in [6.07, 6.45) is 2.04. The highest BCUT2D eigenvalue weighted by Gasteiger charge is 2.17. The number of hydrogen-bond acceptors (Lipinski definition) is 4. The highest BCUT2D eigenvalue weighted by molar-refractivity contribution is 7.99. The largest absolute Gasteiger partial charge is 0.384 e. The van der Waals surface area contributed by atoms with Crippen molar-refractivity contribution in [3.8, 4) is 0 Å². The van der Waals surface area contributed by atoms with E-state index >= 15 is 0 Å². The molecule has 17 heavy (non-hydrogen) atoms. The van der Waals surface area contributed by atoms with Gasteiger partial charge in [0.2, 0.25) is 0 Å². The van der Waals surface area contributed by atoms with Gasteiger partial charge in [0.05, 0.1) is 0 Å². The van der Waals surface area contributed by atoms with Gasteiger partial charge >= 0.3 is 0 Å². The highest BCUT2D eigenvalue weighted by Crippen LogP contribution is 2.18. The zero-order valence-electron chi connectivity index (χ0n) is 9.28. The van der Waals surface area contributed by atoms with E-state index in [0.717, 1.165) is 24.3 Å². The number of halogens is 1. The second-order valence-electron chi connectivity index (χ2n) is 3.96. The topological polar surface area (TPSA) is 68.0 Å². The van der Waals surface area contributed by atoms with Crippen LogP contribution in [0.2, 0.25) is 5.15 Å². The van der Waals surface area contributed by atoms with Crippen LogP contribution in [0.4, 0.5) is 5.82 Å². The first kappa shape index (κ1) is 12.5. The second-order valence-corrected chi connectivity index (χ2v) is 5.58. The lowest BCUT2D eigenvalue weighted by atomic mass is 10.1. The van der Waals surface area contributed by atoms with Crippen LogP contribution in [0.25, 0.3) is 0 Å². The minimum absolute atomic E-state index is 0.127. The molecule has 1 aromatic heterocycles. The molecule has 0 radical (unpaired) electrons. The lowest BCUT2D eigenvalue weighted by Crippen LogP contribution is -2.37. The molecule has 1 fully saturated rings. The number of thioether (sulfide) groups is 1. The van der Waals surface area contributed by atoms with Gasteiger partial charge in [0.25, 0.3) is 5.91 Å². The molecule has 3 N–H and O–H groups in total. The van der Waals surface area contributed by atoms with Crippen molar-refractivity contribution in [3.63, 3.8) is 0 Å². The van der Waals surface area contributed by atoms with Gasteiger partial charge in [-0.15, -0.1) is 0 Å². The monoisotopic (exact) mass is 271 g/mol. The van der Waals surface area contributed by atoms with E-state index < -0.39 is 0 Å². The smallest absolute Gasteiger partial charge is 0.251 e. The van der Waals surface area contributed by atoms with Crippen LogP contribution in [-0.2, 0) is 0 Å². The molecule has 0 bridgehead atoms. The molecule has 0 aliphatic carbocycles. The number of anilines is 1. The molecule has 0 saturated carbocycles. The number of nitrogens with zero attached hydrogens (tertiary/aromatic N) is 1. The van der Waals surface area contributed by atoms with Gasteiger partial charge < -0.3 is 11.1 Å². The fourth-order valence-electron chi connectivity index (χ4n) is 1.76. The third-order valence-corrected chi connectivity index (χ3v) is 3.87. The number of rotatable bonds is 2. The van der Waals surface area contributed by atoms with Gasteiger partial charge in [-0.05, 0) is 36.5 Å². The molecule has 0 aromatic carbocycles. The van der Waals surface area contributed by atoms with E-state index in [0.29, 0.717) is 5.56 Å². The highest BCUT2D eigenvalue weighted by atomic mass is 35.5. The third-order valence-electron chi connectivity index (χ3n) is 2.63. The molecule has 0 spiro atoms. The molecule has 1 aliphatic heterocycles. The van der Waals surface area contributed by atoms with Crippen molar-refractivity contribution in [2.75, 3.05) is 17.2 Å². The number of nitrogen functional groups attached to an aromatic ring is 1. The fourth-order valence-corrected chi connectivity index (χ4v) is 3.08. The molecule has 0 atom stereocenters. The first-order chi connectivity index (χ1) is 8.15. The van der Waals surface area contributed by atoms with Crippen molar-refractivity contribution in [2.24, 2.45) is 0 Å². The van der Waals surface area contributed by atoms with Crippen LogP contribution in [0.15, 0.2) is 12.1 Å². The number of aromatic nitrogens is 1. The number of nitrogens with two attached hydrogens (primary N) is 1. The number of carbonyl (C=O) groups excluding carboxylic acids is 1. The average molecular weight is 272 g/mol. The van der Waals surface area contributed by atoms with E-state index in [1.807, 2.05) is 11.8 Å². The van der Waals surface area contributed by atoms with E-state index in [1.54, 1.807) is 6.07 Å². The number of carbonyl (C=O) groups is 1. The normalized spacial score (nSPS) is 16.8. The van der Waals surface area contributed by atoms with Crippen LogP contribution >= 0.6 is 23.4 Å². The van der Waals surface area contributed by atoms with Gasteiger partial charge in [-0.3, -0.25) is 4.79 Å². The average Bonchev–Trinajstić information content (AvgIpc) is 2.29. The molecule has 92 valence electrons. The van der Waals surface area contributed by atoms with Crippen molar-refractivity contribution in [3.05, 3.63) is 22.8 Å². The molecule has 1 aliphatic rings. The Morgan fingerprint density at radius 2 is 2.18 bits per heavy atom. The van der Waals surface area contributed by atoms with E-state index in [-0.39, 0.29) is 22.9 Å². The zero-order valence-corrected chi connectivity index (χ0v) is 10.9. The maximum Gasteiger partial charge on any atom is 0.251 e. The van der Waals surface area contributed by atoms with Gasteiger partial charge in [0, 0.05) is 11.6 Å². The van der Waals surface area contributed by atoms with Gasteiger partial charge in [0.15, 0.2) is 0 Å². The van der Waals surface area contributed by atoms with Crippen LogP contribution in [0.3, 0.4) is 0 Å². The van der Waals surface area contributed by atoms with E-state index in [4.69, 9.17) is 17.3 Å². The minimum atomic E-state index is -0.127. The maximum atomic E-state index is 12.0. The van der Waals surface area contributed by atoms with Crippen molar-refractivity contribution in [1.29, 1.82) is 0 Å². The quantitative estimate of drug-likeness (QED) is 0.807. The van der Waals surface area contributed by atoms with E-state index in [2.05, 4.69) is 10.3 Å². The molecular weight excluding hydrogens is 258 g/mol. The summed E-state index contributed by atoms with van der Waals surface area (Å²) in [5.41, 5.74) is 6.02. The number of hydrogen-bond donors (Lipinski definition) is 2. The predicted molar refractivity (Wildman–Crippen MR) is 71.5 cm³/mol. The Morgan fingerprint density at radius 1 is 1.47 bits per heavy atom. The summed E-state index contributed by atoms with van der Waals surface area (Å²) in [5.74, 6) is 2.34. The third kappa shape index (κ3) is 3.51. The molecule has 0 unspecified atom stereocenters. The molecule has 4 nitrogen and oxygen atoms in total. The summed E-state index contributed by atoms with van der Waals surface area (Å²) < 4.78 is 0. The zero-order chi connectivity index (χ0) is 12.3. The van der Waals surface area contributed by atoms with Crippen molar-refractivity contribution in [1.82, 2.24) is 10.3 Å². The van der Waals surface area contributed by atoms with Gasteiger partial charge in [-0.2, -0.15) is 11.8 Å². The van der Waals surface area contributed by atoms with Gasteiger partial charge in [-0.1, -0.05) is 11.6 Å². The van der Waals surface area contributed by atoms with Crippen molar-refractivity contribution < 1.29 is 4.79 Å². The van der Waals surface area contributed by atoms with Gasteiger partial charge in [0.1, 0.15) is 11.0 Å². The fraction of sp³-hybridized carbons (Fsp3) is 0.455. The first-order valence-electron chi connectivity index (χ1n) is 5.47. The van der Waals surface area contributed by atoms with Crippen molar-refractivity contribution in [2.45, 2.75) is 18.9 Å². The van der Waals surface area contributed by atoms with E-state index in [1.165, 1.54) is 6.07 Å². The molecule has 2 heterocycles. The Bertz CT molecular complexity index is 401. The summed E-state index contributed by atoms with van der Waals surface area (Å²) in [6.45, 7) is 0. The summed E-state index contributed by atoms with van der Waals surface area (Å²) >= 11 is 7.69. The van der Waals surface area contributed by atoms with Crippen LogP contribution in [0.1, 0.15) is 23.2 Å². The molecular formula is C11H14ClN3OS. The summed E-state index contributed by atoms with van der Waals surface area (Å²) in [7, 11) is 0. The SMILES string of the molecule is Nc1cc(C(=O)NC2CCSCC2)cc(Cl)n1. The molecule has 1 amide bonds. The van der Waals surface area contributed by atoms with Crippen molar-refractivity contribution >= 4 is 35.1 Å². The predicted octanol–water partition coefficient (Wildman–Crippen LogP) is 1.94. The minimum Gasteiger partial charge on any atom is -0.384 e. The Balaban J connectivity index is 2.03. The Morgan fingerprint density at radius 3 is 2.82 bits per heavy atom.